The number of nitriles is 1. The van der Waals surface area contributed by atoms with Crippen LogP contribution in [-0.4, -0.2) is 48.0 Å². The number of hydrogen-bond acceptors (Lipinski definition) is 4. The van der Waals surface area contributed by atoms with Gasteiger partial charge in [0.15, 0.2) is 0 Å². The number of morpholine rings is 1. The molecule has 2 bridgehead atoms. The van der Waals surface area contributed by atoms with Gasteiger partial charge in [0, 0.05) is 12.1 Å². The second-order valence-electron chi connectivity index (χ2n) is 4.48. The van der Waals surface area contributed by atoms with E-state index in [4.69, 9.17) is 10.00 Å². The van der Waals surface area contributed by atoms with Crippen LogP contribution in [0.15, 0.2) is 0 Å². The molecule has 0 aromatic carbocycles. The van der Waals surface area contributed by atoms with Crippen LogP contribution >= 0.6 is 0 Å². The first-order chi connectivity index (χ1) is 6.64. The minimum atomic E-state index is -0.777. The number of ether oxygens (including phenoxy) is 1. The van der Waals surface area contributed by atoms with Crippen molar-refractivity contribution in [2.45, 2.75) is 36.9 Å². The highest BCUT2D eigenvalue weighted by atomic mass is 16.5. The fraction of sp³-hybridized carbons (Fsp3) is 0.900. The van der Waals surface area contributed by atoms with Gasteiger partial charge in [0.25, 0.3) is 0 Å². The van der Waals surface area contributed by atoms with E-state index in [0.717, 1.165) is 0 Å². The van der Waals surface area contributed by atoms with Crippen molar-refractivity contribution in [3.8, 4) is 6.07 Å². The van der Waals surface area contributed by atoms with Gasteiger partial charge in [-0.3, -0.25) is 4.90 Å². The smallest absolute Gasteiger partial charge is 0.0808 e. The summed E-state index contributed by atoms with van der Waals surface area (Å²) in [4.78, 5) is 2.27. The second-order valence-corrected chi connectivity index (χ2v) is 4.48. The van der Waals surface area contributed by atoms with E-state index in [0.29, 0.717) is 26.1 Å². The van der Waals surface area contributed by atoms with Crippen molar-refractivity contribution in [1.82, 2.24) is 4.90 Å². The van der Waals surface area contributed by atoms with E-state index in [9.17, 15) is 5.11 Å². The van der Waals surface area contributed by atoms with Crippen LogP contribution in [0, 0.1) is 11.3 Å². The summed E-state index contributed by atoms with van der Waals surface area (Å²) in [5, 5.41) is 18.8. The number of likely N-dealkylation sites (N-methyl/N-ethyl adjacent to an activating group) is 1. The molecular formula is C10H16N2O2. The number of fused-ring (bicyclic) bond motifs is 2. The summed E-state index contributed by atoms with van der Waals surface area (Å²) in [7, 11) is 2.07. The highest BCUT2D eigenvalue weighted by Gasteiger charge is 2.44. The van der Waals surface area contributed by atoms with Crippen molar-refractivity contribution in [3.63, 3.8) is 0 Å². The maximum absolute atomic E-state index is 10.2. The molecule has 4 heteroatoms. The van der Waals surface area contributed by atoms with Gasteiger partial charge in [0.1, 0.15) is 0 Å². The topological polar surface area (TPSA) is 56.5 Å². The van der Waals surface area contributed by atoms with Gasteiger partial charge in [-0.2, -0.15) is 5.26 Å². The van der Waals surface area contributed by atoms with Crippen molar-refractivity contribution >= 4 is 0 Å². The number of rotatable bonds is 1. The summed E-state index contributed by atoms with van der Waals surface area (Å²) in [6.45, 7) is 1.36. The van der Waals surface area contributed by atoms with E-state index in [2.05, 4.69) is 18.0 Å². The van der Waals surface area contributed by atoms with E-state index in [1.165, 1.54) is 0 Å². The Hall–Kier alpha value is -0.630. The first-order valence-corrected chi connectivity index (χ1v) is 5.04. The van der Waals surface area contributed by atoms with Crippen LogP contribution in [0.5, 0.6) is 0 Å². The minimum Gasteiger partial charge on any atom is -0.389 e. The summed E-state index contributed by atoms with van der Waals surface area (Å²) >= 11 is 0. The predicted octanol–water partition coefficient (Wildman–Crippen LogP) is 0.124. The molecule has 2 unspecified atom stereocenters. The standard InChI is InChI=1S/C10H16N2O2/c1-12-8-4-10(13,2-3-11)5-9(12)7-14-6-8/h8-9,13H,2,4-7H2,1H3. The lowest BCUT2D eigenvalue weighted by molar-refractivity contribution is -0.132. The van der Waals surface area contributed by atoms with Gasteiger partial charge in [-0.05, 0) is 19.9 Å². The highest BCUT2D eigenvalue weighted by molar-refractivity contribution is 5.01. The van der Waals surface area contributed by atoms with E-state index >= 15 is 0 Å². The molecule has 2 atom stereocenters. The zero-order chi connectivity index (χ0) is 10.2. The lowest BCUT2D eigenvalue weighted by Gasteiger charge is -2.49. The maximum atomic E-state index is 10.2. The minimum absolute atomic E-state index is 0.244. The molecule has 0 radical (unpaired) electrons. The van der Waals surface area contributed by atoms with E-state index in [-0.39, 0.29) is 18.5 Å². The third-order valence-electron chi connectivity index (χ3n) is 3.41. The Morgan fingerprint density at radius 1 is 1.50 bits per heavy atom. The van der Waals surface area contributed by atoms with Crippen molar-refractivity contribution < 1.29 is 9.84 Å². The third kappa shape index (κ3) is 1.63. The monoisotopic (exact) mass is 196 g/mol. The van der Waals surface area contributed by atoms with Gasteiger partial charge >= 0.3 is 0 Å². The summed E-state index contributed by atoms with van der Waals surface area (Å²) in [5.41, 5.74) is -0.777. The molecule has 2 fully saturated rings. The van der Waals surface area contributed by atoms with Gasteiger partial charge < -0.3 is 9.84 Å². The molecule has 0 aromatic heterocycles. The molecule has 2 rings (SSSR count). The molecule has 0 spiro atoms. The number of nitrogens with zero attached hydrogens (tertiary/aromatic N) is 2. The number of hydrogen-bond donors (Lipinski definition) is 1. The normalized spacial score (nSPS) is 43.2. The Morgan fingerprint density at radius 2 is 2.07 bits per heavy atom. The van der Waals surface area contributed by atoms with Gasteiger partial charge in [-0.15, -0.1) is 0 Å². The maximum Gasteiger partial charge on any atom is 0.0808 e. The molecule has 2 saturated heterocycles. The Kier molecular flexibility index (Phi) is 2.48. The lowest BCUT2D eigenvalue weighted by atomic mass is 9.80. The van der Waals surface area contributed by atoms with E-state index in [1.807, 2.05) is 0 Å². The van der Waals surface area contributed by atoms with Crippen LogP contribution in [0.1, 0.15) is 19.3 Å². The fourth-order valence-corrected chi connectivity index (χ4v) is 2.53. The Bertz CT molecular complexity index is 247. The van der Waals surface area contributed by atoms with Gasteiger partial charge in [0.2, 0.25) is 0 Å². The quantitative estimate of drug-likeness (QED) is 0.647. The van der Waals surface area contributed by atoms with Crippen LogP contribution < -0.4 is 0 Å². The summed E-state index contributed by atoms with van der Waals surface area (Å²) in [6, 6.07) is 2.63. The molecular weight excluding hydrogens is 180 g/mol. The zero-order valence-electron chi connectivity index (χ0n) is 8.44. The van der Waals surface area contributed by atoms with Crippen molar-refractivity contribution in [1.29, 1.82) is 5.26 Å². The van der Waals surface area contributed by atoms with Crippen LogP contribution in [0.4, 0.5) is 0 Å². The second kappa shape index (κ2) is 3.50. The van der Waals surface area contributed by atoms with Crippen molar-refractivity contribution in [2.24, 2.45) is 0 Å². The molecule has 0 saturated carbocycles. The lowest BCUT2D eigenvalue weighted by Crippen LogP contribution is -2.60. The van der Waals surface area contributed by atoms with Crippen molar-refractivity contribution in [2.75, 3.05) is 20.3 Å². The van der Waals surface area contributed by atoms with E-state index < -0.39 is 5.60 Å². The first kappa shape index (κ1) is 9.91. The fourth-order valence-electron chi connectivity index (χ4n) is 2.53. The van der Waals surface area contributed by atoms with E-state index in [1.54, 1.807) is 0 Å². The average Bonchev–Trinajstić information content (AvgIpc) is 2.08. The first-order valence-electron chi connectivity index (χ1n) is 5.04. The molecule has 1 N–H and O–H groups in total. The Balaban J connectivity index is 2.11. The average molecular weight is 196 g/mol. The molecule has 0 aromatic rings. The molecule has 78 valence electrons. The SMILES string of the molecule is CN1C2COCC1CC(O)(CC#N)C2. The Morgan fingerprint density at radius 3 is 2.57 bits per heavy atom. The Labute approximate surface area is 84.1 Å². The molecule has 2 aliphatic rings. The summed E-state index contributed by atoms with van der Waals surface area (Å²) in [6.07, 6.45) is 1.56. The molecule has 0 aliphatic carbocycles. The highest BCUT2D eigenvalue weighted by Crippen LogP contribution is 2.35. The molecule has 2 heterocycles. The van der Waals surface area contributed by atoms with Gasteiger partial charge in [-0.1, -0.05) is 0 Å². The summed E-state index contributed by atoms with van der Waals surface area (Å²) < 4.78 is 5.44. The summed E-state index contributed by atoms with van der Waals surface area (Å²) in [5.74, 6) is 0. The number of aliphatic hydroxyl groups is 1. The largest absolute Gasteiger partial charge is 0.389 e. The number of piperidine rings is 1. The zero-order valence-corrected chi connectivity index (χ0v) is 8.44. The molecule has 14 heavy (non-hydrogen) atoms. The van der Waals surface area contributed by atoms with Crippen LogP contribution in [0.3, 0.4) is 0 Å². The van der Waals surface area contributed by atoms with Crippen LogP contribution in [0.2, 0.25) is 0 Å². The van der Waals surface area contributed by atoms with Crippen LogP contribution in [-0.2, 0) is 4.74 Å². The van der Waals surface area contributed by atoms with Gasteiger partial charge in [-0.25, -0.2) is 0 Å². The third-order valence-corrected chi connectivity index (χ3v) is 3.41. The molecule has 2 aliphatic heterocycles. The molecule has 4 nitrogen and oxygen atoms in total. The predicted molar refractivity (Wildman–Crippen MR) is 50.6 cm³/mol. The van der Waals surface area contributed by atoms with Crippen molar-refractivity contribution in [3.05, 3.63) is 0 Å². The molecule has 0 amide bonds. The van der Waals surface area contributed by atoms with Crippen LogP contribution in [0.25, 0.3) is 0 Å². The van der Waals surface area contributed by atoms with Gasteiger partial charge in [0.05, 0.1) is 31.3 Å².